The van der Waals surface area contributed by atoms with E-state index < -0.39 is 0 Å². The van der Waals surface area contributed by atoms with Crippen LogP contribution in [0.3, 0.4) is 0 Å². The van der Waals surface area contributed by atoms with Crippen LogP contribution in [0.2, 0.25) is 0 Å². The molecule has 12 heavy (non-hydrogen) atoms. The Hall–Kier alpha value is -0.860. The third-order valence-corrected chi connectivity index (χ3v) is 1.84. The van der Waals surface area contributed by atoms with E-state index in [-0.39, 0.29) is 0 Å². The van der Waals surface area contributed by atoms with Gasteiger partial charge in [0.15, 0.2) is 0 Å². The molecule has 66 valence electrons. The Morgan fingerprint density at radius 1 is 1.17 bits per heavy atom. The molecule has 0 amide bonds. The summed E-state index contributed by atoms with van der Waals surface area (Å²) in [5, 5.41) is 0. The molecule has 0 aliphatic heterocycles. The third-order valence-electron chi connectivity index (χ3n) is 1.84. The van der Waals surface area contributed by atoms with E-state index >= 15 is 0 Å². The second-order valence-corrected chi connectivity index (χ2v) is 3.20. The van der Waals surface area contributed by atoms with E-state index in [1.807, 2.05) is 0 Å². The van der Waals surface area contributed by atoms with Crippen LogP contribution in [0.15, 0.2) is 18.2 Å². The highest BCUT2D eigenvalue weighted by Gasteiger charge is 1.94. The molecule has 1 rings (SSSR count). The standard InChI is InChI=1S/C10H16N2/c1-8-5-9(2)7-10(6-8)3-4-12-11/h5-7,12H,3-4,11H2,1-2H3. The van der Waals surface area contributed by atoms with Crippen LogP contribution >= 0.6 is 0 Å². The molecule has 2 nitrogen and oxygen atoms in total. The number of hydrogen-bond donors (Lipinski definition) is 2. The summed E-state index contributed by atoms with van der Waals surface area (Å²) in [5.74, 6) is 5.20. The van der Waals surface area contributed by atoms with Gasteiger partial charge >= 0.3 is 0 Å². The Balaban J connectivity index is 2.72. The van der Waals surface area contributed by atoms with E-state index in [2.05, 4.69) is 37.5 Å². The highest BCUT2D eigenvalue weighted by Crippen LogP contribution is 2.08. The minimum Gasteiger partial charge on any atom is -0.271 e. The van der Waals surface area contributed by atoms with Crippen molar-refractivity contribution in [2.75, 3.05) is 6.54 Å². The van der Waals surface area contributed by atoms with Gasteiger partial charge in [0.05, 0.1) is 0 Å². The molecular weight excluding hydrogens is 148 g/mol. The molecule has 0 saturated carbocycles. The molecule has 0 radical (unpaired) electrons. The van der Waals surface area contributed by atoms with Gasteiger partial charge in [-0.15, -0.1) is 0 Å². The summed E-state index contributed by atoms with van der Waals surface area (Å²) in [7, 11) is 0. The number of benzene rings is 1. The summed E-state index contributed by atoms with van der Waals surface area (Å²) in [6.45, 7) is 5.07. The summed E-state index contributed by atoms with van der Waals surface area (Å²) in [5.41, 5.74) is 6.65. The highest BCUT2D eigenvalue weighted by atomic mass is 15.2. The molecule has 0 heterocycles. The van der Waals surface area contributed by atoms with Crippen molar-refractivity contribution in [3.05, 3.63) is 34.9 Å². The Kier molecular flexibility index (Phi) is 3.26. The van der Waals surface area contributed by atoms with Crippen molar-refractivity contribution in [2.24, 2.45) is 5.84 Å². The number of nitrogens with one attached hydrogen (secondary N) is 1. The molecule has 0 saturated heterocycles. The molecule has 0 aromatic heterocycles. The maximum atomic E-state index is 5.20. The lowest BCUT2D eigenvalue weighted by Crippen LogP contribution is -2.24. The number of aryl methyl sites for hydroxylation is 2. The zero-order valence-corrected chi connectivity index (χ0v) is 7.72. The fraction of sp³-hybridized carbons (Fsp3) is 0.400. The molecule has 0 spiro atoms. The Morgan fingerprint density at radius 3 is 2.25 bits per heavy atom. The number of hydrogen-bond acceptors (Lipinski definition) is 2. The largest absolute Gasteiger partial charge is 0.271 e. The second-order valence-electron chi connectivity index (χ2n) is 3.20. The summed E-state index contributed by atoms with van der Waals surface area (Å²) in [6, 6.07) is 6.58. The minimum absolute atomic E-state index is 0.836. The first-order valence-corrected chi connectivity index (χ1v) is 4.23. The third kappa shape index (κ3) is 2.64. The van der Waals surface area contributed by atoms with Gasteiger partial charge in [-0.2, -0.15) is 0 Å². The van der Waals surface area contributed by atoms with Gasteiger partial charge in [-0.1, -0.05) is 29.3 Å². The van der Waals surface area contributed by atoms with E-state index in [0.29, 0.717) is 0 Å². The first-order chi connectivity index (χ1) is 5.72. The maximum Gasteiger partial charge on any atom is 0.0138 e. The lowest BCUT2D eigenvalue weighted by atomic mass is 10.1. The average molecular weight is 164 g/mol. The van der Waals surface area contributed by atoms with Crippen LogP contribution < -0.4 is 11.3 Å². The predicted molar refractivity (Wildman–Crippen MR) is 51.8 cm³/mol. The summed E-state index contributed by atoms with van der Waals surface area (Å²) in [4.78, 5) is 0. The van der Waals surface area contributed by atoms with Gasteiger partial charge in [-0.05, 0) is 25.8 Å². The molecule has 0 atom stereocenters. The van der Waals surface area contributed by atoms with E-state index in [1.54, 1.807) is 0 Å². The fourth-order valence-corrected chi connectivity index (χ4v) is 1.43. The molecule has 0 fully saturated rings. The van der Waals surface area contributed by atoms with Gasteiger partial charge in [0.2, 0.25) is 0 Å². The van der Waals surface area contributed by atoms with Crippen LogP contribution in [0, 0.1) is 13.8 Å². The maximum absolute atomic E-state index is 5.20. The Morgan fingerprint density at radius 2 is 1.75 bits per heavy atom. The van der Waals surface area contributed by atoms with Gasteiger partial charge in [0.25, 0.3) is 0 Å². The summed E-state index contributed by atoms with van der Waals surface area (Å²) in [6.07, 6.45) is 0.999. The quantitative estimate of drug-likeness (QED) is 0.522. The van der Waals surface area contributed by atoms with E-state index in [9.17, 15) is 0 Å². The minimum atomic E-state index is 0.836. The fourth-order valence-electron chi connectivity index (χ4n) is 1.43. The SMILES string of the molecule is Cc1cc(C)cc(CCNN)c1. The van der Waals surface area contributed by atoms with Crippen LogP contribution in [-0.4, -0.2) is 6.54 Å². The first-order valence-electron chi connectivity index (χ1n) is 4.23. The van der Waals surface area contributed by atoms with Gasteiger partial charge in [-0.25, -0.2) is 0 Å². The van der Waals surface area contributed by atoms with Crippen LogP contribution in [0.25, 0.3) is 0 Å². The van der Waals surface area contributed by atoms with Crippen LogP contribution in [0.5, 0.6) is 0 Å². The van der Waals surface area contributed by atoms with E-state index in [4.69, 9.17) is 5.84 Å². The molecule has 0 aliphatic rings. The van der Waals surface area contributed by atoms with E-state index in [1.165, 1.54) is 16.7 Å². The molecule has 3 N–H and O–H groups in total. The topological polar surface area (TPSA) is 38.0 Å². The van der Waals surface area contributed by atoms with Gasteiger partial charge in [0.1, 0.15) is 0 Å². The predicted octanol–water partition coefficient (Wildman–Crippen LogP) is 1.31. The van der Waals surface area contributed by atoms with Crippen molar-refractivity contribution in [3.8, 4) is 0 Å². The van der Waals surface area contributed by atoms with Crippen molar-refractivity contribution in [2.45, 2.75) is 20.3 Å². The average Bonchev–Trinajstić information content (AvgIpc) is 1.99. The molecule has 0 aliphatic carbocycles. The van der Waals surface area contributed by atoms with Gasteiger partial charge in [-0.3, -0.25) is 11.3 Å². The molecule has 1 aromatic carbocycles. The lowest BCUT2D eigenvalue weighted by molar-refractivity contribution is 0.728. The highest BCUT2D eigenvalue weighted by molar-refractivity contribution is 5.28. The van der Waals surface area contributed by atoms with Crippen LogP contribution in [0.4, 0.5) is 0 Å². The number of hydrazine groups is 1. The van der Waals surface area contributed by atoms with Gasteiger partial charge < -0.3 is 0 Å². The van der Waals surface area contributed by atoms with Crippen molar-refractivity contribution < 1.29 is 0 Å². The van der Waals surface area contributed by atoms with Crippen LogP contribution in [-0.2, 0) is 6.42 Å². The summed E-state index contributed by atoms with van der Waals surface area (Å²) >= 11 is 0. The van der Waals surface area contributed by atoms with E-state index in [0.717, 1.165) is 13.0 Å². The first kappa shape index (κ1) is 9.23. The van der Waals surface area contributed by atoms with Crippen molar-refractivity contribution in [3.63, 3.8) is 0 Å². The second kappa shape index (κ2) is 4.24. The Bertz CT molecular complexity index is 236. The number of nitrogens with two attached hydrogens (primary N) is 1. The number of rotatable bonds is 3. The molecule has 0 bridgehead atoms. The normalized spacial score (nSPS) is 10.2. The molecule has 2 heteroatoms. The van der Waals surface area contributed by atoms with Crippen LogP contribution in [0.1, 0.15) is 16.7 Å². The van der Waals surface area contributed by atoms with Crippen molar-refractivity contribution in [1.82, 2.24) is 5.43 Å². The lowest BCUT2D eigenvalue weighted by Gasteiger charge is -2.03. The monoisotopic (exact) mass is 164 g/mol. The molecule has 1 aromatic rings. The zero-order valence-electron chi connectivity index (χ0n) is 7.72. The van der Waals surface area contributed by atoms with Gasteiger partial charge in [0, 0.05) is 6.54 Å². The molecule has 0 unspecified atom stereocenters. The van der Waals surface area contributed by atoms with Crippen molar-refractivity contribution >= 4 is 0 Å². The molecular formula is C10H16N2. The summed E-state index contributed by atoms with van der Waals surface area (Å²) < 4.78 is 0. The zero-order chi connectivity index (χ0) is 8.97. The smallest absolute Gasteiger partial charge is 0.0138 e. The Labute approximate surface area is 73.8 Å². The van der Waals surface area contributed by atoms with Crippen molar-refractivity contribution in [1.29, 1.82) is 0 Å².